The van der Waals surface area contributed by atoms with E-state index in [0.29, 0.717) is 0 Å². The van der Waals surface area contributed by atoms with Crippen molar-refractivity contribution in [3.8, 4) is 21.3 Å². The van der Waals surface area contributed by atoms with Gasteiger partial charge in [-0.25, -0.2) is 0 Å². The van der Waals surface area contributed by atoms with Crippen LogP contribution in [0.15, 0.2) is 109 Å². The lowest BCUT2D eigenvalue weighted by molar-refractivity contribution is 0.430. The number of hydrogen-bond donors (Lipinski definition) is 1. The maximum atomic E-state index is 10.3. The standard InChI is InChI=1S/C29H20O2S2/c1-2-22-27(19-7-4-3-5-8-19)29(26-15-14-25(33-26)24-9-6-16-32-24)28-21-17-20(30)12-10-18(21)11-13-23(28)31-22/h2-17,29-30H,1H2. The molecule has 33 heavy (non-hydrogen) atoms. The number of thiophene rings is 2. The number of allylic oxidation sites excluding steroid dienone is 2. The second-order valence-electron chi connectivity index (χ2n) is 7.95. The summed E-state index contributed by atoms with van der Waals surface area (Å²) in [5.74, 6) is 1.77. The summed E-state index contributed by atoms with van der Waals surface area (Å²) in [4.78, 5) is 3.75. The number of phenolic OH excluding ortho intramolecular Hbond substituents is 1. The fraction of sp³-hybridized carbons (Fsp3) is 0.0345. The van der Waals surface area contributed by atoms with Crippen LogP contribution in [-0.2, 0) is 0 Å². The van der Waals surface area contributed by atoms with Gasteiger partial charge in [0.15, 0.2) is 0 Å². The van der Waals surface area contributed by atoms with Gasteiger partial charge in [-0.2, -0.15) is 0 Å². The molecule has 0 saturated heterocycles. The van der Waals surface area contributed by atoms with Crippen LogP contribution in [0.1, 0.15) is 21.9 Å². The summed E-state index contributed by atoms with van der Waals surface area (Å²) in [6, 6.07) is 28.7. The lowest BCUT2D eigenvalue weighted by Crippen LogP contribution is -2.15. The lowest BCUT2D eigenvalue weighted by atomic mass is 9.80. The van der Waals surface area contributed by atoms with E-state index in [0.717, 1.165) is 39.0 Å². The summed E-state index contributed by atoms with van der Waals surface area (Å²) in [6.45, 7) is 4.07. The average molecular weight is 465 g/mol. The maximum Gasteiger partial charge on any atom is 0.132 e. The Hall–Kier alpha value is -3.60. The molecule has 0 amide bonds. The van der Waals surface area contributed by atoms with Crippen molar-refractivity contribution in [2.45, 2.75) is 5.92 Å². The van der Waals surface area contributed by atoms with Crippen molar-refractivity contribution in [2.24, 2.45) is 0 Å². The summed E-state index contributed by atoms with van der Waals surface area (Å²) in [6.07, 6.45) is 1.80. The molecule has 6 rings (SSSR count). The van der Waals surface area contributed by atoms with Gasteiger partial charge in [0.05, 0.1) is 5.92 Å². The van der Waals surface area contributed by atoms with Gasteiger partial charge in [0.2, 0.25) is 0 Å². The lowest BCUT2D eigenvalue weighted by Gasteiger charge is -2.31. The summed E-state index contributed by atoms with van der Waals surface area (Å²) >= 11 is 3.56. The monoisotopic (exact) mass is 464 g/mol. The third-order valence-electron chi connectivity index (χ3n) is 6.02. The van der Waals surface area contributed by atoms with E-state index in [4.69, 9.17) is 4.74 Å². The minimum atomic E-state index is -0.0478. The molecule has 2 aromatic heterocycles. The summed E-state index contributed by atoms with van der Waals surface area (Å²) in [7, 11) is 0. The molecular formula is C29H20O2S2. The van der Waals surface area contributed by atoms with Crippen LogP contribution in [0.2, 0.25) is 0 Å². The van der Waals surface area contributed by atoms with Gasteiger partial charge in [-0.1, -0.05) is 55.1 Å². The van der Waals surface area contributed by atoms with Crippen LogP contribution in [0, 0.1) is 0 Å². The highest BCUT2D eigenvalue weighted by Gasteiger charge is 2.33. The predicted molar refractivity (Wildman–Crippen MR) is 139 cm³/mol. The highest BCUT2D eigenvalue weighted by molar-refractivity contribution is 7.21. The molecule has 1 aliphatic rings. The quantitative estimate of drug-likeness (QED) is 0.289. The number of benzene rings is 3. The zero-order valence-corrected chi connectivity index (χ0v) is 19.3. The molecule has 5 aromatic rings. The van der Waals surface area contributed by atoms with Crippen molar-refractivity contribution in [2.75, 3.05) is 0 Å². The van der Waals surface area contributed by atoms with E-state index in [2.05, 4.69) is 60.5 Å². The van der Waals surface area contributed by atoms with Crippen LogP contribution in [0.4, 0.5) is 0 Å². The molecule has 1 aliphatic heterocycles. The first-order valence-electron chi connectivity index (χ1n) is 10.7. The molecule has 1 unspecified atom stereocenters. The van der Waals surface area contributed by atoms with Crippen molar-refractivity contribution in [3.05, 3.63) is 125 Å². The van der Waals surface area contributed by atoms with Crippen molar-refractivity contribution in [1.82, 2.24) is 0 Å². The molecule has 160 valence electrons. The average Bonchev–Trinajstić information content (AvgIpc) is 3.55. The third-order valence-corrected chi connectivity index (χ3v) is 8.23. The molecule has 0 bridgehead atoms. The van der Waals surface area contributed by atoms with Crippen LogP contribution >= 0.6 is 22.7 Å². The number of aromatic hydroxyl groups is 1. The second kappa shape index (κ2) is 8.07. The van der Waals surface area contributed by atoms with Crippen molar-refractivity contribution >= 4 is 39.0 Å². The summed E-state index contributed by atoms with van der Waals surface area (Å²) < 4.78 is 6.41. The highest BCUT2D eigenvalue weighted by Crippen LogP contribution is 2.52. The first-order valence-corrected chi connectivity index (χ1v) is 12.4. The first kappa shape index (κ1) is 20.0. The van der Waals surface area contributed by atoms with E-state index in [-0.39, 0.29) is 11.7 Å². The molecule has 0 spiro atoms. The first-order chi connectivity index (χ1) is 16.2. The molecule has 0 radical (unpaired) electrons. The third kappa shape index (κ3) is 3.39. The van der Waals surface area contributed by atoms with Gasteiger partial charge in [0.1, 0.15) is 17.3 Å². The van der Waals surface area contributed by atoms with Gasteiger partial charge in [0, 0.05) is 25.8 Å². The van der Waals surface area contributed by atoms with Gasteiger partial charge in [-0.05, 0) is 64.2 Å². The fourth-order valence-electron chi connectivity index (χ4n) is 4.58. The Balaban J connectivity index is 1.66. The van der Waals surface area contributed by atoms with Crippen LogP contribution in [0.3, 0.4) is 0 Å². The topological polar surface area (TPSA) is 29.5 Å². The van der Waals surface area contributed by atoms with Crippen LogP contribution < -0.4 is 4.74 Å². The van der Waals surface area contributed by atoms with Crippen LogP contribution in [0.25, 0.3) is 26.1 Å². The van der Waals surface area contributed by atoms with Crippen molar-refractivity contribution < 1.29 is 9.84 Å². The fourth-order valence-corrected chi connectivity index (χ4v) is 6.54. The van der Waals surface area contributed by atoms with Crippen molar-refractivity contribution in [3.63, 3.8) is 0 Å². The Morgan fingerprint density at radius 3 is 2.52 bits per heavy atom. The smallest absolute Gasteiger partial charge is 0.132 e. The molecule has 4 heteroatoms. The molecule has 0 aliphatic carbocycles. The van der Waals surface area contributed by atoms with E-state index in [1.54, 1.807) is 23.5 Å². The van der Waals surface area contributed by atoms with Crippen molar-refractivity contribution in [1.29, 1.82) is 0 Å². The Bertz CT molecular complexity index is 1510. The van der Waals surface area contributed by atoms with Crippen LogP contribution in [0.5, 0.6) is 11.5 Å². The molecular weight excluding hydrogens is 444 g/mol. The Morgan fingerprint density at radius 2 is 1.73 bits per heavy atom. The van der Waals surface area contributed by atoms with E-state index >= 15 is 0 Å². The van der Waals surface area contributed by atoms with E-state index < -0.39 is 0 Å². The number of hydrogen-bond acceptors (Lipinski definition) is 4. The molecule has 1 N–H and O–H groups in total. The van der Waals surface area contributed by atoms with E-state index in [1.807, 2.05) is 41.7 Å². The highest BCUT2D eigenvalue weighted by atomic mass is 32.1. The van der Waals surface area contributed by atoms with E-state index in [1.165, 1.54) is 14.6 Å². The zero-order chi connectivity index (χ0) is 22.4. The molecule has 3 aromatic carbocycles. The Labute approximate surface area is 200 Å². The predicted octanol–water partition coefficient (Wildman–Crippen LogP) is 8.46. The Kier molecular flexibility index (Phi) is 4.90. The second-order valence-corrected chi connectivity index (χ2v) is 10.0. The van der Waals surface area contributed by atoms with E-state index in [9.17, 15) is 5.11 Å². The number of ether oxygens (including phenoxy) is 1. The molecule has 2 nitrogen and oxygen atoms in total. The molecule has 1 atom stereocenters. The number of phenols is 1. The van der Waals surface area contributed by atoms with Gasteiger partial charge in [0.25, 0.3) is 0 Å². The van der Waals surface area contributed by atoms with Crippen LogP contribution in [-0.4, -0.2) is 5.11 Å². The SMILES string of the molecule is C=CC1=C(c2ccccc2)C(c2ccc(-c3cccs3)s2)c2c(ccc3ccc(O)cc23)O1. The maximum absolute atomic E-state index is 10.3. The summed E-state index contributed by atoms with van der Waals surface area (Å²) in [5.41, 5.74) is 3.27. The zero-order valence-electron chi connectivity index (χ0n) is 17.7. The minimum absolute atomic E-state index is 0.0478. The normalized spacial score (nSPS) is 15.3. The van der Waals surface area contributed by atoms with Gasteiger partial charge in [-0.3, -0.25) is 0 Å². The summed E-state index contributed by atoms with van der Waals surface area (Å²) in [5, 5.41) is 14.5. The Morgan fingerprint density at radius 1 is 0.879 bits per heavy atom. The van der Waals surface area contributed by atoms with Gasteiger partial charge < -0.3 is 9.84 Å². The minimum Gasteiger partial charge on any atom is -0.508 e. The van der Waals surface area contributed by atoms with Gasteiger partial charge >= 0.3 is 0 Å². The molecule has 0 saturated carbocycles. The molecule has 3 heterocycles. The molecule has 0 fully saturated rings. The number of fused-ring (bicyclic) bond motifs is 3. The van der Waals surface area contributed by atoms with Gasteiger partial charge in [-0.15, -0.1) is 22.7 Å². The number of rotatable bonds is 4. The largest absolute Gasteiger partial charge is 0.508 e.